The fraction of sp³-hybridized carbons (Fsp3) is 0. The van der Waals surface area contributed by atoms with E-state index in [9.17, 15) is 18.5 Å². The Kier molecular flexibility index (Phi) is 1.77. The Morgan fingerprint density at radius 2 is 2.18 bits per heavy atom. The molecule has 0 bridgehead atoms. The smallest absolute Gasteiger partial charge is 0.358 e. The second kappa shape index (κ2) is 2.58. The third kappa shape index (κ3) is 1.46. The summed E-state index contributed by atoms with van der Waals surface area (Å²) in [7, 11) is -2.60. The molecule has 0 aromatic heterocycles. The minimum absolute atomic E-state index is 0.559. The molecule has 0 saturated carbocycles. The van der Waals surface area contributed by atoms with Crippen LogP contribution in [0.3, 0.4) is 0 Å². The molecule has 0 spiro atoms. The van der Waals surface area contributed by atoms with Crippen molar-refractivity contribution in [1.82, 2.24) is 0 Å². The van der Waals surface area contributed by atoms with E-state index in [2.05, 4.69) is 9.98 Å². The molecule has 0 saturated heterocycles. The van der Waals surface area contributed by atoms with Crippen LogP contribution >= 0.6 is 0 Å². The lowest BCUT2D eigenvalue weighted by Gasteiger charge is -1.82. The summed E-state index contributed by atoms with van der Waals surface area (Å²) >= 11 is 0. The van der Waals surface area contributed by atoms with Crippen molar-refractivity contribution in [3.63, 3.8) is 0 Å². The fourth-order valence-corrected chi connectivity index (χ4v) is 0.744. The quantitative estimate of drug-likeness (QED) is 0.259. The van der Waals surface area contributed by atoms with Gasteiger partial charge in [0.2, 0.25) is 0 Å². The van der Waals surface area contributed by atoms with Crippen molar-refractivity contribution in [2.24, 2.45) is 9.98 Å². The second-order valence-corrected chi connectivity index (χ2v) is 2.34. The maximum absolute atomic E-state index is 10.1. The first-order chi connectivity index (χ1) is 5.11. The van der Waals surface area contributed by atoms with Gasteiger partial charge in [-0.15, -0.1) is 0 Å². The molecular weight excluding hydrogens is 174 g/mol. The standard InChI is InChI=1S/C3HN3O4S/c7-6(8)2-1-4-3(5-2)11(9)10/h1H. The molecule has 0 aromatic rings. The van der Waals surface area contributed by atoms with Gasteiger partial charge in [0.05, 0.1) is 0 Å². The van der Waals surface area contributed by atoms with E-state index in [4.69, 9.17) is 0 Å². The predicted molar refractivity (Wildman–Crippen MR) is 36.8 cm³/mol. The molecule has 0 N–H and O–H groups in total. The highest BCUT2D eigenvalue weighted by Crippen LogP contribution is 1.91. The Morgan fingerprint density at radius 3 is 2.45 bits per heavy atom. The van der Waals surface area contributed by atoms with Gasteiger partial charge in [0.1, 0.15) is 6.21 Å². The molecule has 0 amide bonds. The summed E-state index contributed by atoms with van der Waals surface area (Å²) in [5, 5.41) is 9.38. The number of hydrogen-bond acceptors (Lipinski definition) is 4. The van der Waals surface area contributed by atoms with Gasteiger partial charge in [-0.3, -0.25) is 0 Å². The molecular formula is C3HN3O4S. The number of aliphatic imine (C=N–C) groups is 2. The third-order valence-corrected chi connectivity index (χ3v) is 1.33. The van der Waals surface area contributed by atoms with E-state index in [0.29, 0.717) is 0 Å². The molecule has 0 fully saturated rings. The minimum atomic E-state index is -2.60. The third-order valence-electron chi connectivity index (χ3n) is 0.837. The van der Waals surface area contributed by atoms with Crippen LogP contribution in [-0.2, 0) is 10.3 Å². The zero-order valence-electron chi connectivity index (χ0n) is 4.96. The maximum atomic E-state index is 10.1. The Bertz CT molecular complexity index is 381. The lowest BCUT2D eigenvalue weighted by Crippen LogP contribution is -2.10. The summed E-state index contributed by atoms with van der Waals surface area (Å²) in [6.07, 6.45) is 0.783. The zero-order chi connectivity index (χ0) is 8.43. The van der Waals surface area contributed by atoms with Crippen molar-refractivity contribution in [3.05, 3.63) is 10.1 Å². The summed E-state index contributed by atoms with van der Waals surface area (Å²) in [5.74, 6) is -0.566. The van der Waals surface area contributed by atoms with E-state index in [1.54, 1.807) is 0 Å². The second-order valence-electron chi connectivity index (χ2n) is 1.50. The summed E-state index contributed by atoms with van der Waals surface area (Å²) in [4.78, 5) is 15.4. The Hall–Kier alpha value is -1.57. The molecule has 0 unspecified atom stereocenters. The summed E-state index contributed by atoms with van der Waals surface area (Å²) in [6.45, 7) is 0. The molecule has 1 heterocycles. The van der Waals surface area contributed by atoms with Crippen LogP contribution in [0.5, 0.6) is 0 Å². The van der Waals surface area contributed by atoms with Gasteiger partial charge >= 0.3 is 10.9 Å². The summed E-state index contributed by atoms with van der Waals surface area (Å²) < 4.78 is 20.2. The molecule has 0 radical (unpaired) electrons. The number of nitrogens with zero attached hydrogens (tertiary/aromatic N) is 3. The Labute approximate surface area is 61.8 Å². The number of rotatable bonds is 0. The van der Waals surface area contributed by atoms with E-state index in [0.717, 1.165) is 6.21 Å². The maximum Gasteiger partial charge on any atom is 0.387 e. The van der Waals surface area contributed by atoms with Crippen molar-refractivity contribution in [1.29, 1.82) is 0 Å². The summed E-state index contributed by atoms with van der Waals surface area (Å²) in [6, 6.07) is 0. The van der Waals surface area contributed by atoms with Gasteiger partial charge in [0.15, 0.2) is 0 Å². The van der Waals surface area contributed by atoms with Crippen LogP contribution < -0.4 is 0 Å². The molecule has 58 valence electrons. The SMILES string of the molecule is O=[N+]([O-])C1=NC(=S(=O)=O)N=C1. The fourth-order valence-electron chi connectivity index (χ4n) is 0.437. The molecule has 1 aliphatic heterocycles. The molecule has 0 aromatic carbocycles. The average molecular weight is 175 g/mol. The highest BCUT2D eigenvalue weighted by atomic mass is 32.2. The van der Waals surface area contributed by atoms with Gasteiger partial charge in [-0.1, -0.05) is 0 Å². The van der Waals surface area contributed by atoms with Gasteiger partial charge in [0.25, 0.3) is 10.3 Å². The first-order valence-electron chi connectivity index (χ1n) is 2.34. The van der Waals surface area contributed by atoms with Crippen LogP contribution in [0.4, 0.5) is 0 Å². The average Bonchev–Trinajstić information content (AvgIpc) is 2.33. The van der Waals surface area contributed by atoms with Crippen molar-refractivity contribution in [2.45, 2.75) is 0 Å². The van der Waals surface area contributed by atoms with E-state index in [1.807, 2.05) is 0 Å². The van der Waals surface area contributed by atoms with Crippen molar-refractivity contribution >= 4 is 27.5 Å². The topological polar surface area (TPSA) is 102 Å². The first kappa shape index (κ1) is 7.54. The van der Waals surface area contributed by atoms with Crippen LogP contribution in [0.25, 0.3) is 0 Å². The van der Waals surface area contributed by atoms with Crippen molar-refractivity contribution in [2.75, 3.05) is 0 Å². The molecule has 11 heavy (non-hydrogen) atoms. The highest BCUT2D eigenvalue weighted by molar-refractivity contribution is 7.73. The van der Waals surface area contributed by atoms with Gasteiger partial charge in [-0.25, -0.2) is 0 Å². The lowest BCUT2D eigenvalue weighted by molar-refractivity contribution is -0.345. The molecule has 1 rings (SSSR count). The van der Waals surface area contributed by atoms with Crippen LogP contribution in [0, 0.1) is 10.1 Å². The van der Waals surface area contributed by atoms with Crippen LogP contribution in [-0.4, -0.2) is 30.5 Å². The van der Waals surface area contributed by atoms with Gasteiger partial charge in [-0.05, 0) is 4.92 Å². The van der Waals surface area contributed by atoms with E-state index < -0.39 is 26.2 Å². The zero-order valence-corrected chi connectivity index (χ0v) is 5.78. The highest BCUT2D eigenvalue weighted by Gasteiger charge is 2.20. The van der Waals surface area contributed by atoms with Crippen LogP contribution in [0.1, 0.15) is 0 Å². The molecule has 8 heteroatoms. The van der Waals surface area contributed by atoms with E-state index in [-0.39, 0.29) is 0 Å². The molecule has 0 aliphatic carbocycles. The van der Waals surface area contributed by atoms with Crippen molar-refractivity contribution in [3.8, 4) is 0 Å². The molecule has 7 nitrogen and oxygen atoms in total. The molecule has 1 aliphatic rings. The Morgan fingerprint density at radius 1 is 1.55 bits per heavy atom. The van der Waals surface area contributed by atoms with Gasteiger partial charge in [0, 0.05) is 4.99 Å². The number of amidine groups is 1. The largest absolute Gasteiger partial charge is 0.387 e. The van der Waals surface area contributed by atoms with Gasteiger partial charge < -0.3 is 10.1 Å². The predicted octanol–water partition coefficient (Wildman–Crippen LogP) is -1.29. The normalized spacial score (nSPS) is 14.9. The van der Waals surface area contributed by atoms with E-state index in [1.165, 1.54) is 0 Å². The first-order valence-corrected chi connectivity index (χ1v) is 3.42. The van der Waals surface area contributed by atoms with Gasteiger partial charge in [-0.2, -0.15) is 13.4 Å². The minimum Gasteiger partial charge on any atom is -0.358 e. The Balaban J connectivity index is 3.17. The summed E-state index contributed by atoms with van der Waals surface area (Å²) in [5.41, 5.74) is 0. The number of nitro groups is 1. The van der Waals surface area contributed by atoms with Crippen LogP contribution in [0.2, 0.25) is 0 Å². The number of hydrogen-bond donors (Lipinski definition) is 0. The van der Waals surface area contributed by atoms with Crippen LogP contribution in [0.15, 0.2) is 9.98 Å². The van der Waals surface area contributed by atoms with E-state index >= 15 is 0 Å². The van der Waals surface area contributed by atoms with Crippen molar-refractivity contribution < 1.29 is 13.3 Å². The monoisotopic (exact) mass is 175 g/mol. The molecule has 0 atom stereocenters. The lowest BCUT2D eigenvalue weighted by atomic mass is 10.7.